The van der Waals surface area contributed by atoms with Gasteiger partial charge in [0.25, 0.3) is 5.91 Å². The van der Waals surface area contributed by atoms with Crippen molar-refractivity contribution in [3.63, 3.8) is 0 Å². The highest BCUT2D eigenvalue weighted by Crippen LogP contribution is 2.16. The van der Waals surface area contributed by atoms with E-state index in [9.17, 15) is 9.59 Å². The molecule has 4 nitrogen and oxygen atoms in total. The van der Waals surface area contributed by atoms with Crippen molar-refractivity contribution in [1.82, 2.24) is 5.32 Å². The molecule has 0 radical (unpaired) electrons. The van der Waals surface area contributed by atoms with Gasteiger partial charge in [-0.05, 0) is 42.1 Å². The molecular weight excluding hydrogens is 378 g/mol. The quantitative estimate of drug-likeness (QED) is 0.597. The molecule has 0 aliphatic heterocycles. The van der Waals surface area contributed by atoms with Gasteiger partial charge in [-0.15, -0.1) is 11.3 Å². The number of amides is 1. The summed E-state index contributed by atoms with van der Waals surface area (Å²) in [5.41, 5.74) is 0.977. The molecule has 2 rings (SSSR count). The van der Waals surface area contributed by atoms with E-state index in [1.54, 1.807) is 6.08 Å². The molecule has 0 saturated heterocycles. The summed E-state index contributed by atoms with van der Waals surface area (Å²) < 4.78 is 5.90. The van der Waals surface area contributed by atoms with Crippen LogP contribution in [0.5, 0.6) is 0 Å². The summed E-state index contributed by atoms with van der Waals surface area (Å²) in [5.74, 6) is -0.872. The molecule has 1 heterocycles. The fourth-order valence-corrected chi connectivity index (χ4v) is 2.72. The molecule has 0 fully saturated rings. The fraction of sp³-hybridized carbons (Fsp3) is 0.176. The molecule has 0 bridgehead atoms. The van der Waals surface area contributed by atoms with Crippen LogP contribution in [-0.2, 0) is 14.3 Å². The Balaban J connectivity index is 1.76. The molecule has 1 aromatic heterocycles. The summed E-state index contributed by atoms with van der Waals surface area (Å²) in [6.07, 6.45) is 2.98. The third-order valence-electron chi connectivity index (χ3n) is 3.02. The summed E-state index contributed by atoms with van der Waals surface area (Å²) in [6, 6.07) is 11.3. The molecular formula is C17H16BrNO3S. The molecule has 1 N–H and O–H groups in total. The topological polar surface area (TPSA) is 55.4 Å². The van der Waals surface area contributed by atoms with Crippen LogP contribution in [0.2, 0.25) is 0 Å². The highest BCUT2D eigenvalue weighted by molar-refractivity contribution is 9.10. The standard InChI is InChI=1S/C17H16BrNO3S/c1-12(13-4-6-14(18)7-5-13)19-16(20)11-22-17(21)9-8-15-3-2-10-23-15/h2-10,12H,11H2,1H3,(H,19,20)/b9-8+/t12-/m1/s1. The Morgan fingerprint density at radius 1 is 1.30 bits per heavy atom. The number of esters is 1. The van der Waals surface area contributed by atoms with Crippen LogP contribution in [0.4, 0.5) is 0 Å². The number of hydrogen-bond donors (Lipinski definition) is 1. The largest absolute Gasteiger partial charge is 0.452 e. The zero-order chi connectivity index (χ0) is 16.7. The van der Waals surface area contributed by atoms with Crippen molar-refractivity contribution in [1.29, 1.82) is 0 Å². The van der Waals surface area contributed by atoms with Crippen molar-refractivity contribution >= 4 is 45.2 Å². The second kappa shape index (κ2) is 8.64. The maximum atomic E-state index is 11.8. The number of hydrogen-bond acceptors (Lipinski definition) is 4. The normalized spacial score (nSPS) is 12.1. The average molecular weight is 394 g/mol. The maximum Gasteiger partial charge on any atom is 0.331 e. The van der Waals surface area contributed by atoms with Crippen molar-refractivity contribution in [2.75, 3.05) is 6.61 Å². The first-order valence-electron chi connectivity index (χ1n) is 6.98. The maximum absolute atomic E-state index is 11.8. The van der Waals surface area contributed by atoms with Gasteiger partial charge in [0.05, 0.1) is 6.04 Å². The number of nitrogens with one attached hydrogen (secondary N) is 1. The van der Waals surface area contributed by atoms with E-state index in [1.165, 1.54) is 17.4 Å². The molecule has 0 aliphatic carbocycles. The van der Waals surface area contributed by atoms with Gasteiger partial charge in [-0.1, -0.05) is 34.1 Å². The molecule has 2 aromatic rings. The van der Waals surface area contributed by atoms with E-state index in [-0.39, 0.29) is 18.6 Å². The lowest BCUT2D eigenvalue weighted by atomic mass is 10.1. The van der Waals surface area contributed by atoms with E-state index < -0.39 is 5.97 Å². The van der Waals surface area contributed by atoms with Crippen LogP contribution >= 0.6 is 27.3 Å². The second-order valence-electron chi connectivity index (χ2n) is 4.80. The zero-order valence-electron chi connectivity index (χ0n) is 12.5. The van der Waals surface area contributed by atoms with Crippen LogP contribution in [0.1, 0.15) is 23.4 Å². The molecule has 0 aliphatic rings. The van der Waals surface area contributed by atoms with Crippen molar-refractivity contribution in [3.8, 4) is 0 Å². The van der Waals surface area contributed by atoms with Gasteiger partial charge in [0.1, 0.15) is 0 Å². The summed E-state index contributed by atoms with van der Waals surface area (Å²) in [7, 11) is 0. The number of carbonyl (C=O) groups is 2. The number of carbonyl (C=O) groups excluding carboxylic acids is 2. The lowest BCUT2D eigenvalue weighted by Gasteiger charge is -2.14. The smallest absolute Gasteiger partial charge is 0.331 e. The van der Waals surface area contributed by atoms with Crippen LogP contribution in [0, 0.1) is 0 Å². The van der Waals surface area contributed by atoms with Gasteiger partial charge in [0.15, 0.2) is 6.61 Å². The van der Waals surface area contributed by atoms with Crippen LogP contribution in [0.25, 0.3) is 6.08 Å². The summed E-state index contributed by atoms with van der Waals surface area (Å²) in [4.78, 5) is 24.3. The Morgan fingerprint density at radius 3 is 2.70 bits per heavy atom. The Kier molecular flexibility index (Phi) is 6.55. The van der Waals surface area contributed by atoms with Gasteiger partial charge in [-0.3, -0.25) is 4.79 Å². The van der Waals surface area contributed by atoms with E-state index in [0.29, 0.717) is 0 Å². The number of halogens is 1. The Hall–Kier alpha value is -1.92. The van der Waals surface area contributed by atoms with E-state index in [0.717, 1.165) is 14.9 Å². The van der Waals surface area contributed by atoms with Crippen LogP contribution < -0.4 is 5.32 Å². The van der Waals surface area contributed by atoms with Crippen molar-refractivity contribution < 1.29 is 14.3 Å². The minimum atomic E-state index is -0.537. The Bertz CT molecular complexity index is 680. The highest BCUT2D eigenvalue weighted by Gasteiger charge is 2.11. The minimum Gasteiger partial charge on any atom is -0.452 e. The van der Waals surface area contributed by atoms with Crippen molar-refractivity contribution in [3.05, 3.63) is 62.8 Å². The first-order chi connectivity index (χ1) is 11.0. The van der Waals surface area contributed by atoms with E-state index >= 15 is 0 Å². The predicted molar refractivity (Wildman–Crippen MR) is 95.0 cm³/mol. The third kappa shape index (κ3) is 6.00. The molecule has 6 heteroatoms. The van der Waals surface area contributed by atoms with E-state index in [1.807, 2.05) is 48.7 Å². The molecule has 120 valence electrons. The van der Waals surface area contributed by atoms with Gasteiger partial charge in [0.2, 0.25) is 0 Å². The molecule has 1 aromatic carbocycles. The first kappa shape index (κ1) is 17.4. The average Bonchev–Trinajstić information content (AvgIpc) is 3.05. The number of benzene rings is 1. The lowest BCUT2D eigenvalue weighted by molar-refractivity contribution is -0.144. The molecule has 0 saturated carbocycles. The number of ether oxygens (including phenoxy) is 1. The molecule has 0 unspecified atom stereocenters. The van der Waals surface area contributed by atoms with E-state index in [4.69, 9.17) is 4.74 Å². The molecule has 0 spiro atoms. The minimum absolute atomic E-state index is 0.157. The third-order valence-corrected chi connectivity index (χ3v) is 4.39. The second-order valence-corrected chi connectivity index (χ2v) is 6.69. The van der Waals surface area contributed by atoms with Crippen LogP contribution in [0.3, 0.4) is 0 Å². The van der Waals surface area contributed by atoms with Crippen LogP contribution in [-0.4, -0.2) is 18.5 Å². The van der Waals surface area contributed by atoms with Gasteiger partial charge >= 0.3 is 5.97 Å². The summed E-state index contributed by atoms with van der Waals surface area (Å²) in [5, 5.41) is 4.71. The predicted octanol–water partition coefficient (Wildman–Crippen LogP) is 3.94. The monoisotopic (exact) mass is 393 g/mol. The van der Waals surface area contributed by atoms with Crippen LogP contribution in [0.15, 0.2) is 52.3 Å². The van der Waals surface area contributed by atoms with Gasteiger partial charge in [0, 0.05) is 15.4 Å². The number of rotatable bonds is 6. The van der Waals surface area contributed by atoms with Gasteiger partial charge in [-0.2, -0.15) is 0 Å². The molecule has 1 atom stereocenters. The first-order valence-corrected chi connectivity index (χ1v) is 8.65. The van der Waals surface area contributed by atoms with E-state index in [2.05, 4.69) is 21.2 Å². The fourth-order valence-electron chi connectivity index (χ4n) is 1.84. The van der Waals surface area contributed by atoms with Crippen molar-refractivity contribution in [2.24, 2.45) is 0 Å². The SMILES string of the molecule is C[C@@H](NC(=O)COC(=O)/C=C/c1cccs1)c1ccc(Br)cc1. The van der Waals surface area contributed by atoms with Gasteiger partial charge in [-0.25, -0.2) is 4.79 Å². The van der Waals surface area contributed by atoms with Gasteiger partial charge < -0.3 is 10.1 Å². The lowest BCUT2D eigenvalue weighted by Crippen LogP contribution is -2.30. The Morgan fingerprint density at radius 2 is 2.04 bits per heavy atom. The summed E-state index contributed by atoms with van der Waals surface area (Å²) in [6.45, 7) is 1.58. The van der Waals surface area contributed by atoms with Crippen molar-refractivity contribution in [2.45, 2.75) is 13.0 Å². The number of thiophene rings is 1. The molecule has 23 heavy (non-hydrogen) atoms. The summed E-state index contributed by atoms with van der Waals surface area (Å²) >= 11 is 4.88. The molecule has 1 amide bonds. The zero-order valence-corrected chi connectivity index (χ0v) is 14.9. The Labute approximate surface area is 147 Å². The highest BCUT2D eigenvalue weighted by atomic mass is 79.9.